The monoisotopic (exact) mass is 251 g/mol. The number of hydrogen-bond acceptors (Lipinski definition) is 3. The molecule has 0 aromatic heterocycles. The van der Waals surface area contributed by atoms with E-state index in [1.165, 1.54) is 5.56 Å². The van der Waals surface area contributed by atoms with Gasteiger partial charge in [-0.3, -0.25) is 4.79 Å². The van der Waals surface area contributed by atoms with Crippen LogP contribution in [-0.4, -0.2) is 30.8 Å². The van der Waals surface area contributed by atoms with Gasteiger partial charge in [0.15, 0.2) is 6.61 Å². The molecule has 0 unspecified atom stereocenters. The van der Waals surface area contributed by atoms with Crippen molar-refractivity contribution in [2.24, 2.45) is 0 Å². The van der Waals surface area contributed by atoms with E-state index >= 15 is 0 Å². The normalized spacial score (nSPS) is 10.2. The molecule has 1 aromatic rings. The first-order valence-electron chi connectivity index (χ1n) is 6.21. The zero-order chi connectivity index (χ0) is 13.4. The minimum atomic E-state index is -0.132. The Labute approximate surface area is 108 Å². The molecule has 0 aliphatic carbocycles. The van der Waals surface area contributed by atoms with Crippen LogP contribution in [0.5, 0.6) is 5.75 Å². The summed E-state index contributed by atoms with van der Waals surface area (Å²) in [5.74, 6) is 0.610. The summed E-state index contributed by atoms with van der Waals surface area (Å²) in [6.45, 7) is 4.75. The molecule has 0 aliphatic heterocycles. The molecule has 0 fully saturated rings. The summed E-state index contributed by atoms with van der Waals surface area (Å²) in [5, 5.41) is 11.3. The molecule has 0 atom stereocenters. The fourth-order valence-corrected chi connectivity index (χ4v) is 1.62. The molecule has 18 heavy (non-hydrogen) atoms. The van der Waals surface area contributed by atoms with Crippen LogP contribution >= 0.6 is 0 Å². The quantitative estimate of drug-likeness (QED) is 0.723. The predicted octanol–water partition coefficient (Wildman–Crippen LogP) is 1.57. The molecule has 1 aromatic carbocycles. The lowest BCUT2D eigenvalue weighted by molar-refractivity contribution is -0.123. The summed E-state index contributed by atoms with van der Waals surface area (Å²) in [6, 6.07) is 5.86. The van der Waals surface area contributed by atoms with Crippen LogP contribution in [-0.2, 0) is 4.79 Å². The van der Waals surface area contributed by atoms with Crippen LogP contribution in [0.25, 0.3) is 0 Å². The minimum absolute atomic E-state index is 0.0308. The van der Waals surface area contributed by atoms with Gasteiger partial charge in [-0.2, -0.15) is 0 Å². The topological polar surface area (TPSA) is 58.6 Å². The van der Waals surface area contributed by atoms with Gasteiger partial charge in [0, 0.05) is 13.2 Å². The first kappa shape index (κ1) is 14.5. The maximum atomic E-state index is 11.5. The number of aliphatic hydroxyl groups is 1. The van der Waals surface area contributed by atoms with Crippen molar-refractivity contribution in [1.29, 1.82) is 0 Å². The molecule has 0 heterocycles. The average molecular weight is 251 g/mol. The fraction of sp³-hybridized carbons (Fsp3) is 0.500. The molecule has 1 amide bonds. The Morgan fingerprint density at radius 2 is 2.11 bits per heavy atom. The molecule has 0 aliphatic rings. The van der Waals surface area contributed by atoms with Crippen LogP contribution in [0.1, 0.15) is 24.0 Å². The number of carbonyl (C=O) groups excluding carboxylic acids is 1. The second-order valence-electron chi connectivity index (χ2n) is 4.34. The van der Waals surface area contributed by atoms with E-state index < -0.39 is 0 Å². The second-order valence-corrected chi connectivity index (χ2v) is 4.34. The number of benzene rings is 1. The molecule has 0 spiro atoms. The number of hydrogen-bond donors (Lipinski definition) is 2. The molecule has 1 rings (SSSR count). The Kier molecular flexibility index (Phi) is 6.22. The van der Waals surface area contributed by atoms with Crippen molar-refractivity contribution in [3.05, 3.63) is 29.3 Å². The lowest BCUT2D eigenvalue weighted by atomic mass is 10.1. The number of amides is 1. The fourth-order valence-electron chi connectivity index (χ4n) is 1.62. The molecule has 100 valence electrons. The van der Waals surface area contributed by atoms with E-state index in [4.69, 9.17) is 9.84 Å². The molecule has 2 N–H and O–H groups in total. The summed E-state index contributed by atoms with van der Waals surface area (Å²) in [5.41, 5.74) is 2.20. The minimum Gasteiger partial charge on any atom is -0.484 e. The van der Waals surface area contributed by atoms with Crippen LogP contribution in [0.2, 0.25) is 0 Å². The zero-order valence-corrected chi connectivity index (χ0v) is 11.0. The van der Waals surface area contributed by atoms with E-state index in [9.17, 15) is 4.79 Å². The van der Waals surface area contributed by atoms with Gasteiger partial charge in [0.2, 0.25) is 0 Å². The van der Waals surface area contributed by atoms with Gasteiger partial charge >= 0.3 is 0 Å². The number of aryl methyl sites for hydroxylation is 2. The van der Waals surface area contributed by atoms with Crippen LogP contribution in [0.4, 0.5) is 0 Å². The van der Waals surface area contributed by atoms with Crippen molar-refractivity contribution in [3.63, 3.8) is 0 Å². The Morgan fingerprint density at radius 3 is 2.78 bits per heavy atom. The molecule has 0 radical (unpaired) electrons. The van der Waals surface area contributed by atoms with Gasteiger partial charge in [0.05, 0.1) is 0 Å². The number of ether oxygens (including phenoxy) is 1. The third-order valence-corrected chi connectivity index (χ3v) is 2.60. The number of unbranched alkanes of at least 4 members (excludes halogenated alkanes) is 1. The largest absolute Gasteiger partial charge is 0.484 e. The van der Waals surface area contributed by atoms with E-state index in [0.717, 1.165) is 17.7 Å². The highest BCUT2D eigenvalue weighted by Gasteiger charge is 2.04. The predicted molar refractivity (Wildman–Crippen MR) is 70.7 cm³/mol. The molecular weight excluding hydrogens is 230 g/mol. The number of carbonyl (C=O) groups is 1. The van der Waals surface area contributed by atoms with Gasteiger partial charge in [0.1, 0.15) is 5.75 Å². The van der Waals surface area contributed by atoms with Crippen molar-refractivity contribution in [1.82, 2.24) is 5.32 Å². The molecule has 0 saturated carbocycles. The summed E-state index contributed by atoms with van der Waals surface area (Å²) >= 11 is 0. The van der Waals surface area contributed by atoms with E-state index in [1.807, 2.05) is 32.0 Å². The van der Waals surface area contributed by atoms with Gasteiger partial charge in [-0.25, -0.2) is 0 Å². The number of nitrogens with one attached hydrogen (secondary N) is 1. The smallest absolute Gasteiger partial charge is 0.257 e. The van der Waals surface area contributed by atoms with Gasteiger partial charge < -0.3 is 15.2 Å². The third kappa shape index (κ3) is 5.19. The molecule has 0 saturated heterocycles. The van der Waals surface area contributed by atoms with E-state index in [0.29, 0.717) is 13.0 Å². The first-order valence-corrected chi connectivity index (χ1v) is 6.21. The molecule has 4 heteroatoms. The first-order chi connectivity index (χ1) is 8.63. The SMILES string of the molecule is Cc1ccc(OCC(=O)NCCCCO)c(C)c1. The van der Waals surface area contributed by atoms with Crippen LogP contribution in [0.15, 0.2) is 18.2 Å². The maximum absolute atomic E-state index is 11.5. The Morgan fingerprint density at radius 1 is 1.33 bits per heavy atom. The van der Waals surface area contributed by atoms with E-state index in [-0.39, 0.29) is 19.1 Å². The Balaban J connectivity index is 2.29. The van der Waals surface area contributed by atoms with Crippen molar-refractivity contribution < 1.29 is 14.6 Å². The van der Waals surface area contributed by atoms with Crippen molar-refractivity contribution in [2.45, 2.75) is 26.7 Å². The summed E-state index contributed by atoms with van der Waals surface area (Å²) < 4.78 is 5.45. The molecule has 4 nitrogen and oxygen atoms in total. The van der Waals surface area contributed by atoms with Crippen molar-refractivity contribution >= 4 is 5.91 Å². The molecule has 0 bridgehead atoms. The van der Waals surface area contributed by atoms with Gasteiger partial charge in [-0.1, -0.05) is 17.7 Å². The van der Waals surface area contributed by atoms with Crippen LogP contribution in [0, 0.1) is 13.8 Å². The van der Waals surface area contributed by atoms with Gasteiger partial charge in [0.25, 0.3) is 5.91 Å². The highest BCUT2D eigenvalue weighted by Crippen LogP contribution is 2.18. The number of aliphatic hydroxyl groups excluding tert-OH is 1. The lowest BCUT2D eigenvalue weighted by Gasteiger charge is -2.10. The molecular formula is C14H21NO3. The summed E-state index contributed by atoms with van der Waals surface area (Å²) in [7, 11) is 0. The van der Waals surface area contributed by atoms with Crippen molar-refractivity contribution in [2.75, 3.05) is 19.8 Å². The summed E-state index contributed by atoms with van der Waals surface area (Å²) in [4.78, 5) is 11.5. The lowest BCUT2D eigenvalue weighted by Crippen LogP contribution is -2.29. The summed E-state index contributed by atoms with van der Waals surface area (Å²) in [6.07, 6.45) is 1.49. The van der Waals surface area contributed by atoms with Crippen LogP contribution in [0.3, 0.4) is 0 Å². The van der Waals surface area contributed by atoms with Gasteiger partial charge in [-0.15, -0.1) is 0 Å². The second kappa shape index (κ2) is 7.71. The Hall–Kier alpha value is -1.55. The number of rotatable bonds is 7. The highest BCUT2D eigenvalue weighted by atomic mass is 16.5. The van der Waals surface area contributed by atoms with Gasteiger partial charge in [-0.05, 0) is 38.3 Å². The highest BCUT2D eigenvalue weighted by molar-refractivity contribution is 5.77. The standard InChI is InChI=1S/C14H21NO3/c1-11-5-6-13(12(2)9-11)18-10-14(17)15-7-3-4-8-16/h5-6,9,16H,3-4,7-8,10H2,1-2H3,(H,15,17). The Bertz CT molecular complexity index is 391. The van der Waals surface area contributed by atoms with E-state index in [1.54, 1.807) is 0 Å². The maximum Gasteiger partial charge on any atom is 0.257 e. The average Bonchev–Trinajstić information content (AvgIpc) is 2.33. The van der Waals surface area contributed by atoms with Crippen molar-refractivity contribution in [3.8, 4) is 5.75 Å². The van der Waals surface area contributed by atoms with E-state index in [2.05, 4.69) is 5.32 Å². The third-order valence-electron chi connectivity index (χ3n) is 2.60. The van der Waals surface area contributed by atoms with Crippen LogP contribution < -0.4 is 10.1 Å². The zero-order valence-electron chi connectivity index (χ0n) is 11.0.